The van der Waals surface area contributed by atoms with Gasteiger partial charge in [-0.25, -0.2) is 4.79 Å². The highest BCUT2D eigenvalue weighted by Crippen LogP contribution is 2.31. The van der Waals surface area contributed by atoms with Crippen LogP contribution in [0.2, 0.25) is 0 Å². The van der Waals surface area contributed by atoms with Gasteiger partial charge >= 0.3 is 5.97 Å². The lowest BCUT2D eigenvalue weighted by molar-refractivity contribution is -0.122. The number of rotatable bonds is 7. The van der Waals surface area contributed by atoms with Gasteiger partial charge in [0.05, 0.1) is 5.56 Å². The molecule has 1 fully saturated rings. The van der Waals surface area contributed by atoms with Crippen LogP contribution >= 0.6 is 0 Å². The molecule has 4 heteroatoms. The molecule has 0 bridgehead atoms. The zero-order valence-corrected chi connectivity index (χ0v) is 13.9. The first kappa shape index (κ1) is 17.5. The van der Waals surface area contributed by atoms with Gasteiger partial charge in [-0.1, -0.05) is 51.2 Å². The zero-order valence-electron chi connectivity index (χ0n) is 13.9. The van der Waals surface area contributed by atoms with Crippen molar-refractivity contribution in [1.29, 1.82) is 0 Å². The smallest absolute Gasteiger partial charge is 0.335 e. The van der Waals surface area contributed by atoms with Gasteiger partial charge in [-0.15, -0.1) is 0 Å². The average molecular weight is 317 g/mol. The third-order valence-corrected chi connectivity index (χ3v) is 4.90. The van der Waals surface area contributed by atoms with E-state index in [1.54, 1.807) is 24.3 Å². The lowest BCUT2D eigenvalue weighted by atomic mass is 9.79. The highest BCUT2D eigenvalue weighted by molar-refractivity contribution is 5.87. The Morgan fingerprint density at radius 3 is 2.43 bits per heavy atom. The van der Waals surface area contributed by atoms with Crippen molar-refractivity contribution < 1.29 is 14.7 Å². The largest absolute Gasteiger partial charge is 0.478 e. The Balaban J connectivity index is 1.68. The van der Waals surface area contributed by atoms with Gasteiger partial charge in [0.15, 0.2) is 0 Å². The molecule has 1 aliphatic rings. The molecule has 4 nitrogen and oxygen atoms in total. The average Bonchev–Trinajstić information content (AvgIpc) is 2.56. The van der Waals surface area contributed by atoms with Crippen LogP contribution < -0.4 is 5.32 Å². The molecule has 1 aromatic carbocycles. The van der Waals surface area contributed by atoms with Crippen molar-refractivity contribution in [2.45, 2.75) is 51.9 Å². The summed E-state index contributed by atoms with van der Waals surface area (Å²) in [6.07, 6.45) is 7.84. The standard InChI is InChI=1S/C19H27NO3/c1-14(16-5-3-2-4-6-16)13-18(21)20-12-11-15-7-9-17(10-8-15)19(22)23/h7-10,14,16H,2-6,11-13H2,1H3,(H,20,21)(H,22,23)/t14-/m0/s1. The van der Waals surface area contributed by atoms with E-state index in [2.05, 4.69) is 12.2 Å². The maximum Gasteiger partial charge on any atom is 0.335 e. The number of hydrogen-bond acceptors (Lipinski definition) is 2. The van der Waals surface area contributed by atoms with Gasteiger partial charge in [0.1, 0.15) is 0 Å². The van der Waals surface area contributed by atoms with E-state index >= 15 is 0 Å². The lowest BCUT2D eigenvalue weighted by Crippen LogP contribution is -2.29. The first-order valence-electron chi connectivity index (χ1n) is 8.65. The van der Waals surface area contributed by atoms with Crippen molar-refractivity contribution in [2.24, 2.45) is 11.8 Å². The van der Waals surface area contributed by atoms with Crippen molar-refractivity contribution >= 4 is 11.9 Å². The van der Waals surface area contributed by atoms with Crippen LogP contribution in [0.15, 0.2) is 24.3 Å². The first-order valence-corrected chi connectivity index (χ1v) is 8.65. The Hall–Kier alpha value is -1.84. The predicted octanol–water partition coefficient (Wildman–Crippen LogP) is 3.65. The van der Waals surface area contributed by atoms with E-state index in [4.69, 9.17) is 5.11 Å². The minimum atomic E-state index is -0.915. The number of carboxylic acids is 1. The van der Waals surface area contributed by atoms with Gasteiger partial charge in [-0.3, -0.25) is 4.79 Å². The molecule has 0 aromatic heterocycles. The van der Waals surface area contributed by atoms with Crippen molar-refractivity contribution in [3.05, 3.63) is 35.4 Å². The highest BCUT2D eigenvalue weighted by atomic mass is 16.4. The van der Waals surface area contributed by atoms with E-state index in [0.29, 0.717) is 30.4 Å². The summed E-state index contributed by atoms with van der Waals surface area (Å²) in [5.74, 6) is 0.384. The predicted molar refractivity (Wildman–Crippen MR) is 90.5 cm³/mol. The number of aromatic carboxylic acids is 1. The molecule has 1 aliphatic carbocycles. The molecule has 0 spiro atoms. The van der Waals surface area contributed by atoms with E-state index < -0.39 is 5.97 Å². The quantitative estimate of drug-likeness (QED) is 0.806. The van der Waals surface area contributed by atoms with Crippen LogP contribution in [0.25, 0.3) is 0 Å². The molecule has 0 heterocycles. The van der Waals surface area contributed by atoms with Gasteiger partial charge in [0, 0.05) is 13.0 Å². The van der Waals surface area contributed by atoms with Gasteiger partial charge in [-0.05, 0) is 36.0 Å². The fraction of sp³-hybridized carbons (Fsp3) is 0.579. The molecule has 2 rings (SSSR count). The molecule has 0 saturated heterocycles. The number of carbonyl (C=O) groups excluding carboxylic acids is 1. The fourth-order valence-electron chi connectivity index (χ4n) is 3.39. The minimum absolute atomic E-state index is 0.130. The number of benzene rings is 1. The molecule has 23 heavy (non-hydrogen) atoms. The summed E-state index contributed by atoms with van der Waals surface area (Å²) in [4.78, 5) is 22.8. The van der Waals surface area contributed by atoms with Crippen LogP contribution in [0.4, 0.5) is 0 Å². The number of hydrogen-bond donors (Lipinski definition) is 2. The summed E-state index contributed by atoms with van der Waals surface area (Å²) in [7, 11) is 0. The van der Waals surface area contributed by atoms with Gasteiger partial charge < -0.3 is 10.4 Å². The van der Waals surface area contributed by atoms with Gasteiger partial charge in [-0.2, -0.15) is 0 Å². The molecule has 126 valence electrons. The molecule has 1 aromatic rings. The monoisotopic (exact) mass is 317 g/mol. The summed E-state index contributed by atoms with van der Waals surface area (Å²) in [5, 5.41) is 11.8. The van der Waals surface area contributed by atoms with Crippen LogP contribution in [-0.2, 0) is 11.2 Å². The highest BCUT2D eigenvalue weighted by Gasteiger charge is 2.21. The maximum absolute atomic E-state index is 12.0. The van der Waals surface area contributed by atoms with Gasteiger partial charge in [0.2, 0.25) is 5.91 Å². The van der Waals surface area contributed by atoms with Crippen LogP contribution in [0.5, 0.6) is 0 Å². The van der Waals surface area contributed by atoms with Crippen LogP contribution in [-0.4, -0.2) is 23.5 Å². The molecule has 0 aliphatic heterocycles. The van der Waals surface area contributed by atoms with E-state index in [-0.39, 0.29) is 5.91 Å². The Morgan fingerprint density at radius 2 is 1.83 bits per heavy atom. The van der Waals surface area contributed by atoms with Crippen molar-refractivity contribution in [3.8, 4) is 0 Å². The van der Waals surface area contributed by atoms with Crippen LogP contribution in [0.1, 0.15) is 61.4 Å². The molecule has 0 radical (unpaired) electrons. The lowest BCUT2D eigenvalue weighted by Gasteiger charge is -2.27. The number of carboxylic acid groups (broad SMARTS) is 1. The minimum Gasteiger partial charge on any atom is -0.478 e. The van der Waals surface area contributed by atoms with Crippen molar-refractivity contribution in [3.63, 3.8) is 0 Å². The molecular weight excluding hydrogens is 290 g/mol. The Bertz CT molecular complexity index is 518. The topological polar surface area (TPSA) is 66.4 Å². The summed E-state index contributed by atoms with van der Waals surface area (Å²) >= 11 is 0. The van der Waals surface area contributed by atoms with Crippen molar-refractivity contribution in [1.82, 2.24) is 5.32 Å². The third-order valence-electron chi connectivity index (χ3n) is 4.90. The molecule has 0 unspecified atom stereocenters. The Morgan fingerprint density at radius 1 is 1.17 bits per heavy atom. The van der Waals surface area contributed by atoms with E-state index in [0.717, 1.165) is 12.0 Å². The first-order chi connectivity index (χ1) is 11.1. The third kappa shape index (κ3) is 5.70. The second-order valence-corrected chi connectivity index (χ2v) is 6.68. The van der Waals surface area contributed by atoms with E-state index in [1.807, 2.05) is 0 Å². The SMILES string of the molecule is C[C@@H](CC(=O)NCCc1ccc(C(=O)O)cc1)C1CCCCC1. The molecule has 1 saturated carbocycles. The summed E-state index contributed by atoms with van der Waals surface area (Å²) in [6.45, 7) is 2.79. The summed E-state index contributed by atoms with van der Waals surface area (Å²) in [5.41, 5.74) is 1.33. The normalized spacial score (nSPS) is 16.7. The fourth-order valence-corrected chi connectivity index (χ4v) is 3.39. The molecule has 1 amide bonds. The zero-order chi connectivity index (χ0) is 16.7. The Labute approximate surface area is 138 Å². The Kier molecular flexibility index (Phi) is 6.63. The van der Waals surface area contributed by atoms with Crippen LogP contribution in [0, 0.1) is 11.8 Å². The molecule has 1 atom stereocenters. The van der Waals surface area contributed by atoms with Gasteiger partial charge in [0.25, 0.3) is 0 Å². The summed E-state index contributed by atoms with van der Waals surface area (Å²) < 4.78 is 0. The van der Waals surface area contributed by atoms with Crippen LogP contribution in [0.3, 0.4) is 0 Å². The number of carbonyl (C=O) groups is 2. The second-order valence-electron chi connectivity index (χ2n) is 6.68. The summed E-state index contributed by atoms with van der Waals surface area (Å²) in [6, 6.07) is 6.82. The van der Waals surface area contributed by atoms with Crippen molar-refractivity contribution in [2.75, 3.05) is 6.54 Å². The van der Waals surface area contributed by atoms with E-state index in [1.165, 1.54) is 32.1 Å². The van der Waals surface area contributed by atoms with E-state index in [9.17, 15) is 9.59 Å². The molecule has 2 N–H and O–H groups in total. The molecular formula is C19H27NO3. The maximum atomic E-state index is 12.0. The number of amides is 1. The number of nitrogens with one attached hydrogen (secondary N) is 1. The second kappa shape index (κ2) is 8.70.